The van der Waals surface area contributed by atoms with Gasteiger partial charge in [-0.05, 0) is 49.1 Å². The summed E-state index contributed by atoms with van der Waals surface area (Å²) < 4.78 is 10.6. The van der Waals surface area contributed by atoms with E-state index >= 15 is 0 Å². The van der Waals surface area contributed by atoms with Crippen LogP contribution in [0.2, 0.25) is 0 Å². The van der Waals surface area contributed by atoms with Gasteiger partial charge >= 0.3 is 0 Å². The number of nitrogens with zero attached hydrogens (tertiary/aromatic N) is 1. The fourth-order valence-electron chi connectivity index (χ4n) is 2.56. The third-order valence-corrected chi connectivity index (χ3v) is 3.86. The molecule has 1 aliphatic carbocycles. The molecule has 102 valence electrons. The zero-order chi connectivity index (χ0) is 14.2. The molecule has 1 unspecified atom stereocenters. The minimum atomic E-state index is -0.511. The normalized spacial score (nSPS) is 26.6. The quantitative estimate of drug-likeness (QED) is 0.735. The van der Waals surface area contributed by atoms with E-state index in [0.29, 0.717) is 18.6 Å². The van der Waals surface area contributed by atoms with Crippen LogP contribution in [0.4, 0.5) is 0 Å². The first-order chi connectivity index (χ1) is 9.59. The van der Waals surface area contributed by atoms with Crippen molar-refractivity contribution < 1.29 is 14.3 Å². The van der Waals surface area contributed by atoms with Gasteiger partial charge in [-0.1, -0.05) is 6.07 Å². The zero-order valence-electron chi connectivity index (χ0n) is 11.3. The second-order valence-corrected chi connectivity index (χ2v) is 5.55. The molecule has 4 nitrogen and oxygen atoms in total. The lowest BCUT2D eigenvalue weighted by Crippen LogP contribution is -2.25. The maximum absolute atomic E-state index is 12.1. The number of ketones is 1. The fraction of sp³-hybridized carbons (Fsp3) is 0.375. The second kappa shape index (κ2) is 4.68. The molecule has 1 fully saturated rings. The molecule has 0 aromatic heterocycles. The van der Waals surface area contributed by atoms with E-state index in [9.17, 15) is 4.79 Å². The van der Waals surface area contributed by atoms with E-state index < -0.39 is 5.41 Å². The van der Waals surface area contributed by atoms with Crippen molar-refractivity contribution in [3.05, 3.63) is 29.3 Å². The van der Waals surface area contributed by atoms with Gasteiger partial charge in [-0.2, -0.15) is 5.26 Å². The first kappa shape index (κ1) is 12.7. The van der Waals surface area contributed by atoms with Crippen molar-refractivity contribution in [1.29, 1.82) is 5.26 Å². The molecule has 4 heteroatoms. The molecule has 3 rings (SSSR count). The molecule has 2 aliphatic rings. The highest BCUT2D eigenvalue weighted by Crippen LogP contribution is 2.37. The number of ether oxygens (including phenoxy) is 2. The van der Waals surface area contributed by atoms with E-state index in [1.165, 1.54) is 0 Å². The third-order valence-electron chi connectivity index (χ3n) is 3.86. The molecular formula is C16H15NO3. The smallest absolute Gasteiger partial charge is 0.231 e. The Morgan fingerprint density at radius 2 is 2.15 bits per heavy atom. The summed E-state index contributed by atoms with van der Waals surface area (Å²) in [5.41, 5.74) is 1.21. The van der Waals surface area contributed by atoms with Gasteiger partial charge in [0.05, 0.1) is 11.5 Å². The van der Waals surface area contributed by atoms with Crippen molar-refractivity contribution >= 4 is 11.9 Å². The van der Waals surface area contributed by atoms with Gasteiger partial charge in [-0.15, -0.1) is 0 Å². The van der Waals surface area contributed by atoms with Crippen molar-refractivity contribution in [3.8, 4) is 17.6 Å². The van der Waals surface area contributed by atoms with Crippen molar-refractivity contribution in [1.82, 2.24) is 0 Å². The summed E-state index contributed by atoms with van der Waals surface area (Å²) in [4.78, 5) is 12.1. The van der Waals surface area contributed by atoms with Gasteiger partial charge in [0.1, 0.15) is 0 Å². The SMILES string of the molecule is CC1(C#N)CC/C(=C\c2ccc3c(c2)OCO3)C(=O)C1. The third kappa shape index (κ3) is 2.27. The Labute approximate surface area is 117 Å². The number of carbonyl (C=O) groups is 1. The molecule has 1 aromatic carbocycles. The Hall–Kier alpha value is -2.28. The van der Waals surface area contributed by atoms with Gasteiger partial charge in [0.25, 0.3) is 0 Å². The molecule has 0 amide bonds. The van der Waals surface area contributed by atoms with Crippen LogP contribution in [0.1, 0.15) is 31.7 Å². The molecule has 1 aromatic rings. The van der Waals surface area contributed by atoms with Crippen molar-refractivity contribution in [3.63, 3.8) is 0 Å². The number of rotatable bonds is 1. The number of carbonyl (C=O) groups excluding carboxylic acids is 1. The average Bonchev–Trinajstić information content (AvgIpc) is 2.90. The van der Waals surface area contributed by atoms with Crippen LogP contribution >= 0.6 is 0 Å². The zero-order valence-corrected chi connectivity index (χ0v) is 11.3. The van der Waals surface area contributed by atoms with Crippen LogP contribution in [0, 0.1) is 16.7 Å². The van der Waals surface area contributed by atoms with Crippen LogP contribution in [0.25, 0.3) is 6.08 Å². The maximum atomic E-state index is 12.1. The predicted molar refractivity (Wildman–Crippen MR) is 73.1 cm³/mol. The maximum Gasteiger partial charge on any atom is 0.231 e. The lowest BCUT2D eigenvalue weighted by Gasteiger charge is -2.26. The fourth-order valence-corrected chi connectivity index (χ4v) is 2.56. The topological polar surface area (TPSA) is 59.3 Å². The molecular weight excluding hydrogens is 254 g/mol. The number of benzene rings is 1. The van der Waals surface area contributed by atoms with Crippen LogP contribution in [-0.2, 0) is 4.79 Å². The van der Waals surface area contributed by atoms with E-state index in [0.717, 1.165) is 23.3 Å². The minimum Gasteiger partial charge on any atom is -0.454 e. The van der Waals surface area contributed by atoms with E-state index in [1.54, 1.807) is 0 Å². The van der Waals surface area contributed by atoms with Gasteiger partial charge < -0.3 is 9.47 Å². The molecule has 0 N–H and O–H groups in total. The van der Waals surface area contributed by atoms with E-state index in [1.807, 2.05) is 31.2 Å². The highest BCUT2D eigenvalue weighted by atomic mass is 16.7. The molecule has 0 radical (unpaired) electrons. The monoisotopic (exact) mass is 269 g/mol. The van der Waals surface area contributed by atoms with E-state index in [4.69, 9.17) is 14.7 Å². The number of hydrogen-bond acceptors (Lipinski definition) is 4. The molecule has 1 atom stereocenters. The molecule has 0 saturated heterocycles. The lowest BCUT2D eigenvalue weighted by molar-refractivity contribution is -0.118. The second-order valence-electron chi connectivity index (χ2n) is 5.55. The number of hydrogen-bond donors (Lipinski definition) is 0. The van der Waals surface area contributed by atoms with Crippen LogP contribution < -0.4 is 9.47 Å². The Morgan fingerprint density at radius 1 is 1.35 bits per heavy atom. The van der Waals surface area contributed by atoms with E-state index in [-0.39, 0.29) is 12.6 Å². The summed E-state index contributed by atoms with van der Waals surface area (Å²) in [5.74, 6) is 1.52. The largest absolute Gasteiger partial charge is 0.454 e. The van der Waals surface area contributed by atoms with Gasteiger partial charge in [0.2, 0.25) is 6.79 Å². The van der Waals surface area contributed by atoms with Gasteiger partial charge in [-0.25, -0.2) is 0 Å². The summed E-state index contributed by atoms with van der Waals surface area (Å²) in [6.07, 6.45) is 3.57. The molecule has 0 bridgehead atoms. The Bertz CT molecular complexity index is 642. The first-order valence-corrected chi connectivity index (χ1v) is 6.64. The lowest BCUT2D eigenvalue weighted by atomic mass is 9.74. The van der Waals surface area contributed by atoms with Crippen LogP contribution in [0.15, 0.2) is 23.8 Å². The minimum absolute atomic E-state index is 0.0676. The standard InChI is InChI=1S/C16H15NO3/c1-16(9-17)5-4-12(13(18)8-16)6-11-2-3-14-15(7-11)20-10-19-14/h2-3,6-7H,4-5,8,10H2,1H3/b12-6+. The molecule has 1 aliphatic heterocycles. The van der Waals surface area contributed by atoms with Crippen LogP contribution in [-0.4, -0.2) is 12.6 Å². The summed E-state index contributed by atoms with van der Waals surface area (Å²) in [7, 11) is 0. The summed E-state index contributed by atoms with van der Waals surface area (Å²) >= 11 is 0. The molecule has 1 heterocycles. The Morgan fingerprint density at radius 3 is 2.90 bits per heavy atom. The predicted octanol–water partition coefficient (Wildman–Crippen LogP) is 3.08. The van der Waals surface area contributed by atoms with Gasteiger partial charge in [0.15, 0.2) is 17.3 Å². The van der Waals surface area contributed by atoms with E-state index in [2.05, 4.69) is 6.07 Å². The summed E-state index contributed by atoms with van der Waals surface area (Å²) in [5, 5.41) is 9.10. The van der Waals surface area contributed by atoms with Crippen LogP contribution in [0.3, 0.4) is 0 Å². The molecule has 0 spiro atoms. The van der Waals surface area contributed by atoms with Gasteiger partial charge in [-0.3, -0.25) is 4.79 Å². The van der Waals surface area contributed by atoms with Crippen molar-refractivity contribution in [2.24, 2.45) is 5.41 Å². The number of allylic oxidation sites excluding steroid dienone is 1. The number of fused-ring (bicyclic) bond motifs is 1. The molecule has 1 saturated carbocycles. The Kier molecular flexibility index (Phi) is 2.98. The summed E-state index contributed by atoms with van der Waals surface area (Å²) in [6, 6.07) is 7.88. The number of nitriles is 1. The van der Waals surface area contributed by atoms with Crippen molar-refractivity contribution in [2.45, 2.75) is 26.2 Å². The Balaban J connectivity index is 1.83. The van der Waals surface area contributed by atoms with Gasteiger partial charge in [0, 0.05) is 6.42 Å². The molecule has 20 heavy (non-hydrogen) atoms. The summed E-state index contributed by atoms with van der Waals surface area (Å²) in [6.45, 7) is 2.09. The number of Topliss-reactive ketones (excluding diaryl/α,β-unsaturated/α-hetero) is 1. The highest BCUT2D eigenvalue weighted by molar-refractivity contribution is 6.00. The first-order valence-electron chi connectivity index (χ1n) is 6.64. The highest BCUT2D eigenvalue weighted by Gasteiger charge is 2.33. The van der Waals surface area contributed by atoms with Crippen molar-refractivity contribution in [2.75, 3.05) is 6.79 Å². The van der Waals surface area contributed by atoms with Crippen LogP contribution in [0.5, 0.6) is 11.5 Å². The average molecular weight is 269 g/mol.